The number of aryl methyl sites for hydroxylation is 1. The average Bonchev–Trinajstić information content (AvgIpc) is 2.70. The molecule has 1 unspecified atom stereocenters. The SMILES string of the molecule is COc1cccc(C)c1C1CCCN1. The van der Waals surface area contributed by atoms with E-state index in [4.69, 9.17) is 4.74 Å². The minimum absolute atomic E-state index is 0.492. The molecular formula is C12H17NO. The molecule has 2 nitrogen and oxygen atoms in total. The first kappa shape index (κ1) is 9.53. The second kappa shape index (κ2) is 4.01. The first-order valence-electron chi connectivity index (χ1n) is 5.20. The van der Waals surface area contributed by atoms with E-state index in [0.717, 1.165) is 12.3 Å². The zero-order chi connectivity index (χ0) is 9.97. The van der Waals surface area contributed by atoms with Crippen molar-refractivity contribution in [1.82, 2.24) is 5.32 Å². The molecule has 0 bridgehead atoms. The molecule has 2 rings (SSSR count). The standard InChI is InChI=1S/C12H17NO/c1-9-5-3-7-11(14-2)12(9)10-6-4-8-13-10/h3,5,7,10,13H,4,6,8H2,1-2H3. The maximum atomic E-state index is 5.40. The van der Waals surface area contributed by atoms with Crippen molar-refractivity contribution in [2.24, 2.45) is 0 Å². The van der Waals surface area contributed by atoms with Crippen LogP contribution in [0, 0.1) is 6.92 Å². The fourth-order valence-electron chi connectivity index (χ4n) is 2.21. The molecule has 0 radical (unpaired) electrons. The lowest BCUT2D eigenvalue weighted by Crippen LogP contribution is -2.14. The molecule has 1 fully saturated rings. The van der Waals surface area contributed by atoms with Crippen LogP contribution in [0.2, 0.25) is 0 Å². The van der Waals surface area contributed by atoms with Gasteiger partial charge in [-0.25, -0.2) is 0 Å². The van der Waals surface area contributed by atoms with Gasteiger partial charge in [-0.05, 0) is 37.9 Å². The van der Waals surface area contributed by atoms with Crippen molar-refractivity contribution in [2.45, 2.75) is 25.8 Å². The molecule has 1 aliphatic rings. The van der Waals surface area contributed by atoms with E-state index in [1.165, 1.54) is 24.0 Å². The Bertz CT molecular complexity index is 316. The van der Waals surface area contributed by atoms with Crippen LogP contribution in [0.3, 0.4) is 0 Å². The third-order valence-electron chi connectivity index (χ3n) is 2.91. The van der Waals surface area contributed by atoms with Crippen LogP contribution < -0.4 is 10.1 Å². The molecule has 1 atom stereocenters. The fraction of sp³-hybridized carbons (Fsp3) is 0.500. The largest absolute Gasteiger partial charge is 0.496 e. The summed E-state index contributed by atoms with van der Waals surface area (Å²) in [7, 11) is 1.74. The summed E-state index contributed by atoms with van der Waals surface area (Å²) >= 11 is 0. The third-order valence-corrected chi connectivity index (χ3v) is 2.91. The van der Waals surface area contributed by atoms with Gasteiger partial charge in [0.15, 0.2) is 0 Å². The fourth-order valence-corrected chi connectivity index (χ4v) is 2.21. The zero-order valence-corrected chi connectivity index (χ0v) is 8.84. The van der Waals surface area contributed by atoms with Crippen LogP contribution in [0.15, 0.2) is 18.2 Å². The quantitative estimate of drug-likeness (QED) is 0.775. The summed E-state index contributed by atoms with van der Waals surface area (Å²) in [6.45, 7) is 3.28. The molecule has 1 heterocycles. The number of benzene rings is 1. The van der Waals surface area contributed by atoms with Gasteiger partial charge < -0.3 is 10.1 Å². The lowest BCUT2D eigenvalue weighted by atomic mass is 9.99. The van der Waals surface area contributed by atoms with Gasteiger partial charge in [-0.1, -0.05) is 12.1 Å². The predicted molar refractivity (Wildman–Crippen MR) is 57.7 cm³/mol. The van der Waals surface area contributed by atoms with Crippen LogP contribution in [-0.4, -0.2) is 13.7 Å². The number of hydrogen-bond acceptors (Lipinski definition) is 2. The molecule has 1 N–H and O–H groups in total. The summed E-state index contributed by atoms with van der Waals surface area (Å²) in [5.41, 5.74) is 2.66. The minimum atomic E-state index is 0.492. The molecule has 2 heteroatoms. The van der Waals surface area contributed by atoms with Gasteiger partial charge in [0.2, 0.25) is 0 Å². The van der Waals surface area contributed by atoms with E-state index < -0.39 is 0 Å². The second-order valence-electron chi connectivity index (χ2n) is 3.84. The van der Waals surface area contributed by atoms with E-state index in [9.17, 15) is 0 Å². The maximum Gasteiger partial charge on any atom is 0.123 e. The predicted octanol–water partition coefficient (Wildman–Crippen LogP) is 2.43. The number of rotatable bonds is 2. The van der Waals surface area contributed by atoms with E-state index in [0.29, 0.717) is 6.04 Å². The van der Waals surface area contributed by atoms with Crippen molar-refractivity contribution in [2.75, 3.05) is 13.7 Å². The van der Waals surface area contributed by atoms with Gasteiger partial charge in [0.1, 0.15) is 5.75 Å². The zero-order valence-electron chi connectivity index (χ0n) is 8.84. The molecule has 76 valence electrons. The van der Waals surface area contributed by atoms with Gasteiger partial charge in [0.25, 0.3) is 0 Å². The van der Waals surface area contributed by atoms with E-state index in [1.807, 2.05) is 12.1 Å². The summed E-state index contributed by atoms with van der Waals surface area (Å²) < 4.78 is 5.40. The average molecular weight is 191 g/mol. The number of nitrogens with one attached hydrogen (secondary N) is 1. The highest BCUT2D eigenvalue weighted by Crippen LogP contribution is 2.33. The van der Waals surface area contributed by atoms with Crippen LogP contribution in [0.5, 0.6) is 5.75 Å². The first-order valence-corrected chi connectivity index (χ1v) is 5.20. The Labute approximate surface area is 85.3 Å². The van der Waals surface area contributed by atoms with E-state index >= 15 is 0 Å². The van der Waals surface area contributed by atoms with E-state index in [1.54, 1.807) is 7.11 Å². The highest BCUT2D eigenvalue weighted by molar-refractivity contribution is 5.42. The monoisotopic (exact) mass is 191 g/mol. The molecule has 1 aromatic carbocycles. The summed E-state index contributed by atoms with van der Waals surface area (Å²) in [5.74, 6) is 1.02. The number of ether oxygens (including phenoxy) is 1. The first-order chi connectivity index (χ1) is 6.83. The number of methoxy groups -OCH3 is 1. The van der Waals surface area contributed by atoms with Crippen LogP contribution in [0.1, 0.15) is 30.0 Å². The second-order valence-corrected chi connectivity index (χ2v) is 3.84. The van der Waals surface area contributed by atoms with Crippen molar-refractivity contribution in [1.29, 1.82) is 0 Å². The van der Waals surface area contributed by atoms with E-state index in [2.05, 4.69) is 18.3 Å². The molecular weight excluding hydrogens is 174 g/mol. The maximum absolute atomic E-state index is 5.40. The van der Waals surface area contributed by atoms with Gasteiger partial charge in [0, 0.05) is 11.6 Å². The van der Waals surface area contributed by atoms with Crippen LogP contribution >= 0.6 is 0 Å². The lowest BCUT2D eigenvalue weighted by molar-refractivity contribution is 0.402. The molecule has 0 amide bonds. The number of hydrogen-bond donors (Lipinski definition) is 1. The highest BCUT2D eigenvalue weighted by Gasteiger charge is 2.21. The smallest absolute Gasteiger partial charge is 0.123 e. The Balaban J connectivity index is 2.37. The summed E-state index contributed by atoms with van der Waals surface area (Å²) in [4.78, 5) is 0. The highest BCUT2D eigenvalue weighted by atomic mass is 16.5. The molecule has 0 spiro atoms. The minimum Gasteiger partial charge on any atom is -0.496 e. The Morgan fingerprint density at radius 2 is 2.29 bits per heavy atom. The molecule has 1 saturated heterocycles. The Hall–Kier alpha value is -1.02. The van der Waals surface area contributed by atoms with Crippen LogP contribution in [-0.2, 0) is 0 Å². The van der Waals surface area contributed by atoms with E-state index in [-0.39, 0.29) is 0 Å². The summed E-state index contributed by atoms with van der Waals surface area (Å²) in [6, 6.07) is 6.73. The Kier molecular flexibility index (Phi) is 2.73. The van der Waals surface area contributed by atoms with Crippen molar-refractivity contribution in [3.63, 3.8) is 0 Å². The molecule has 1 aromatic rings. The van der Waals surface area contributed by atoms with Crippen molar-refractivity contribution in [3.05, 3.63) is 29.3 Å². The van der Waals surface area contributed by atoms with Gasteiger partial charge in [0.05, 0.1) is 7.11 Å². The Morgan fingerprint density at radius 1 is 1.43 bits per heavy atom. The van der Waals surface area contributed by atoms with Crippen molar-refractivity contribution >= 4 is 0 Å². The van der Waals surface area contributed by atoms with Gasteiger partial charge >= 0.3 is 0 Å². The summed E-state index contributed by atoms with van der Waals surface area (Å²) in [6.07, 6.45) is 2.49. The topological polar surface area (TPSA) is 21.3 Å². The van der Waals surface area contributed by atoms with Crippen molar-refractivity contribution in [3.8, 4) is 5.75 Å². The molecule has 0 aromatic heterocycles. The Morgan fingerprint density at radius 3 is 2.93 bits per heavy atom. The molecule has 0 saturated carbocycles. The third kappa shape index (κ3) is 1.62. The van der Waals surface area contributed by atoms with Gasteiger partial charge in [-0.3, -0.25) is 0 Å². The van der Waals surface area contributed by atoms with Gasteiger partial charge in [-0.2, -0.15) is 0 Å². The molecule has 0 aliphatic carbocycles. The van der Waals surface area contributed by atoms with Crippen molar-refractivity contribution < 1.29 is 4.74 Å². The lowest BCUT2D eigenvalue weighted by Gasteiger charge is -2.17. The normalized spacial score (nSPS) is 21.1. The van der Waals surface area contributed by atoms with Crippen LogP contribution in [0.4, 0.5) is 0 Å². The summed E-state index contributed by atoms with van der Waals surface area (Å²) in [5, 5.41) is 3.51. The van der Waals surface area contributed by atoms with Gasteiger partial charge in [-0.15, -0.1) is 0 Å². The van der Waals surface area contributed by atoms with Crippen LogP contribution in [0.25, 0.3) is 0 Å². The molecule has 1 aliphatic heterocycles. The molecule has 14 heavy (non-hydrogen) atoms.